The van der Waals surface area contributed by atoms with E-state index >= 15 is 0 Å². The molecule has 0 radical (unpaired) electrons. The van der Waals surface area contributed by atoms with Crippen LogP contribution in [0.2, 0.25) is 0 Å². The van der Waals surface area contributed by atoms with Crippen molar-refractivity contribution >= 4 is 45.8 Å². The normalized spacial score (nSPS) is 18.2. The third-order valence-corrected chi connectivity index (χ3v) is 7.39. The number of ether oxygens (including phenoxy) is 1. The number of hydrogen-bond donors (Lipinski definition) is 2. The second kappa shape index (κ2) is 9.86. The number of thiazole rings is 1. The zero-order valence-corrected chi connectivity index (χ0v) is 21.0. The van der Waals surface area contributed by atoms with Crippen LogP contribution in [0.15, 0.2) is 28.6 Å². The fraction of sp³-hybridized carbons (Fsp3) is 0.458. The van der Waals surface area contributed by atoms with Gasteiger partial charge in [0.2, 0.25) is 11.3 Å². The summed E-state index contributed by atoms with van der Waals surface area (Å²) in [4.78, 5) is 50.5. The summed E-state index contributed by atoms with van der Waals surface area (Å²) >= 11 is 1.31. The molecule has 0 aromatic carbocycles. The van der Waals surface area contributed by atoms with Gasteiger partial charge in [0.25, 0.3) is 0 Å². The highest BCUT2D eigenvalue weighted by Gasteiger charge is 2.35. The van der Waals surface area contributed by atoms with Gasteiger partial charge < -0.3 is 25.0 Å². The molecule has 2 aliphatic heterocycles. The lowest BCUT2D eigenvalue weighted by molar-refractivity contribution is -0.126. The number of fused-ring (bicyclic) bond motifs is 1. The maximum absolute atomic E-state index is 13.2. The number of aromatic nitrogens is 3. The van der Waals surface area contributed by atoms with Crippen LogP contribution in [0, 0.1) is 5.92 Å². The van der Waals surface area contributed by atoms with E-state index in [0.29, 0.717) is 41.9 Å². The highest BCUT2D eigenvalue weighted by atomic mass is 32.1. The van der Waals surface area contributed by atoms with Crippen molar-refractivity contribution in [2.24, 2.45) is 5.92 Å². The fourth-order valence-electron chi connectivity index (χ4n) is 4.59. The van der Waals surface area contributed by atoms with Crippen molar-refractivity contribution in [1.82, 2.24) is 19.9 Å². The Morgan fingerprint density at radius 3 is 2.75 bits per heavy atom. The molecule has 190 valence electrons. The summed E-state index contributed by atoms with van der Waals surface area (Å²) in [7, 11) is 3.58. The average molecular weight is 513 g/mol. The molecular weight excluding hydrogens is 484 g/mol. The van der Waals surface area contributed by atoms with E-state index in [0.717, 1.165) is 25.9 Å². The molecule has 12 heteroatoms. The molecule has 11 nitrogen and oxygen atoms in total. The molecule has 2 saturated heterocycles. The van der Waals surface area contributed by atoms with Crippen LogP contribution in [0.5, 0.6) is 0 Å². The molecule has 2 fully saturated rings. The van der Waals surface area contributed by atoms with E-state index in [4.69, 9.17) is 9.72 Å². The number of carboxylic acids is 1. The molecule has 1 atom stereocenters. The van der Waals surface area contributed by atoms with Crippen molar-refractivity contribution in [2.45, 2.75) is 25.4 Å². The van der Waals surface area contributed by atoms with Crippen LogP contribution in [-0.2, 0) is 9.53 Å². The van der Waals surface area contributed by atoms with E-state index in [9.17, 15) is 19.5 Å². The Kier molecular flexibility index (Phi) is 6.63. The first-order chi connectivity index (χ1) is 17.3. The lowest BCUT2D eigenvalue weighted by Gasteiger charge is -2.39. The van der Waals surface area contributed by atoms with Crippen molar-refractivity contribution in [2.75, 3.05) is 50.1 Å². The Morgan fingerprint density at radius 1 is 1.31 bits per heavy atom. The molecule has 0 bridgehead atoms. The van der Waals surface area contributed by atoms with Crippen LogP contribution in [0.1, 0.15) is 29.6 Å². The first kappa shape index (κ1) is 24.2. The molecular formula is C24H28N6O5S. The topological polar surface area (TPSA) is 130 Å². The number of nitrogens with zero attached hydrogens (tertiary/aromatic N) is 5. The van der Waals surface area contributed by atoms with Gasteiger partial charge in [-0.05, 0) is 19.3 Å². The van der Waals surface area contributed by atoms with Crippen LogP contribution in [-0.4, -0.2) is 78.0 Å². The number of carbonyl (C=O) groups is 2. The van der Waals surface area contributed by atoms with E-state index in [1.807, 2.05) is 4.90 Å². The van der Waals surface area contributed by atoms with E-state index in [2.05, 4.69) is 10.3 Å². The van der Waals surface area contributed by atoms with Crippen LogP contribution in [0.3, 0.4) is 0 Å². The van der Waals surface area contributed by atoms with Gasteiger partial charge >= 0.3 is 5.97 Å². The van der Waals surface area contributed by atoms with Gasteiger partial charge in [-0.25, -0.2) is 14.8 Å². The number of anilines is 2. The minimum Gasteiger partial charge on any atom is -0.477 e. The Balaban J connectivity index is 1.44. The summed E-state index contributed by atoms with van der Waals surface area (Å²) in [5.41, 5.74) is -0.0731. The number of rotatable bonds is 7. The molecule has 1 unspecified atom stereocenters. The largest absolute Gasteiger partial charge is 0.477 e. The van der Waals surface area contributed by atoms with Crippen molar-refractivity contribution in [1.29, 1.82) is 0 Å². The summed E-state index contributed by atoms with van der Waals surface area (Å²) in [6, 6.07) is 1.77. The summed E-state index contributed by atoms with van der Waals surface area (Å²) in [5.74, 6) is -0.862. The molecule has 1 amide bonds. The van der Waals surface area contributed by atoms with Crippen LogP contribution in [0.4, 0.5) is 11.5 Å². The van der Waals surface area contributed by atoms with Crippen molar-refractivity contribution in [3.63, 3.8) is 0 Å². The Hall–Kier alpha value is -3.51. The number of nitrogens with one attached hydrogen (secondary N) is 1. The molecule has 36 heavy (non-hydrogen) atoms. The number of hydrogen-bond acceptors (Lipinski definition) is 9. The van der Waals surface area contributed by atoms with Gasteiger partial charge in [0.1, 0.15) is 11.4 Å². The molecule has 5 rings (SSSR count). The van der Waals surface area contributed by atoms with Gasteiger partial charge in [-0.3, -0.25) is 14.2 Å². The minimum absolute atomic E-state index is 0.000148. The van der Waals surface area contributed by atoms with E-state index < -0.39 is 11.4 Å². The summed E-state index contributed by atoms with van der Waals surface area (Å²) in [6.45, 7) is 2.27. The molecule has 5 heterocycles. The molecule has 0 aliphatic carbocycles. The standard InChI is InChI=1S/C24H28N6O5S/c1-28(2)17-9-18(29-11-14(12-29)22(32)26-10-15-5-3-4-7-35-15)27-21-19(17)20(31)16(23(33)34)13-30(21)24-25-6-8-36-24/h6,8-9,13-15H,3-5,7,10-12H2,1-2H3,(H,26,32)(H,33,34). The molecule has 3 aromatic rings. The molecule has 2 N–H and O–H groups in total. The van der Waals surface area contributed by atoms with E-state index in [1.165, 1.54) is 17.5 Å². The first-order valence-electron chi connectivity index (χ1n) is 11.9. The van der Waals surface area contributed by atoms with Crippen LogP contribution in [0.25, 0.3) is 16.2 Å². The highest BCUT2D eigenvalue weighted by molar-refractivity contribution is 7.12. The quantitative estimate of drug-likeness (QED) is 0.486. The van der Waals surface area contributed by atoms with Crippen LogP contribution >= 0.6 is 11.3 Å². The monoisotopic (exact) mass is 512 g/mol. The van der Waals surface area contributed by atoms with Crippen LogP contribution < -0.4 is 20.5 Å². The lowest BCUT2D eigenvalue weighted by Crippen LogP contribution is -2.55. The van der Waals surface area contributed by atoms with E-state index in [-0.39, 0.29) is 28.9 Å². The number of carboxylic acid groups (broad SMARTS) is 1. The predicted octanol–water partition coefficient (Wildman–Crippen LogP) is 1.73. The SMILES string of the molecule is CN(C)c1cc(N2CC(C(=O)NCC3CCCCO3)C2)nc2c1c(=O)c(C(=O)O)cn2-c1nccs1. The second-order valence-electron chi connectivity index (χ2n) is 9.29. The molecule has 2 aliphatic rings. The Labute approximate surface area is 211 Å². The molecule has 3 aromatic heterocycles. The number of aromatic carboxylic acids is 1. The van der Waals surface area contributed by atoms with Gasteiger partial charge in [-0.1, -0.05) is 0 Å². The first-order valence-corrected chi connectivity index (χ1v) is 12.8. The van der Waals surface area contributed by atoms with Gasteiger partial charge in [0.05, 0.1) is 23.1 Å². The second-order valence-corrected chi connectivity index (χ2v) is 10.2. The number of amides is 1. The highest BCUT2D eigenvalue weighted by Crippen LogP contribution is 2.32. The predicted molar refractivity (Wildman–Crippen MR) is 137 cm³/mol. The summed E-state index contributed by atoms with van der Waals surface area (Å²) < 4.78 is 7.24. The third kappa shape index (κ3) is 4.53. The van der Waals surface area contributed by atoms with Gasteiger partial charge in [-0.2, -0.15) is 0 Å². The maximum atomic E-state index is 13.2. The fourth-order valence-corrected chi connectivity index (χ4v) is 5.21. The Bertz CT molecular complexity index is 1340. The zero-order valence-electron chi connectivity index (χ0n) is 20.1. The maximum Gasteiger partial charge on any atom is 0.341 e. The zero-order chi connectivity index (χ0) is 25.4. The van der Waals surface area contributed by atoms with Crippen molar-refractivity contribution in [3.05, 3.63) is 39.6 Å². The lowest BCUT2D eigenvalue weighted by atomic mass is 9.98. The van der Waals surface area contributed by atoms with E-state index in [1.54, 1.807) is 41.2 Å². The minimum atomic E-state index is -1.31. The summed E-state index contributed by atoms with van der Waals surface area (Å²) in [6.07, 6.45) is 6.14. The smallest absolute Gasteiger partial charge is 0.341 e. The van der Waals surface area contributed by atoms with Crippen molar-refractivity contribution < 1.29 is 19.4 Å². The molecule has 0 spiro atoms. The average Bonchev–Trinajstić information content (AvgIpc) is 3.36. The van der Waals surface area contributed by atoms with Crippen molar-refractivity contribution in [3.8, 4) is 5.13 Å². The van der Waals surface area contributed by atoms with Gasteiger partial charge in [0.15, 0.2) is 10.8 Å². The summed E-state index contributed by atoms with van der Waals surface area (Å²) in [5, 5.41) is 15.1. The number of pyridine rings is 2. The Morgan fingerprint density at radius 2 is 2.11 bits per heavy atom. The number of carbonyl (C=O) groups excluding carboxylic acids is 1. The molecule has 0 saturated carbocycles. The third-order valence-electron chi connectivity index (χ3n) is 6.62. The van der Waals surface area contributed by atoms with Gasteiger partial charge in [0, 0.05) is 64.2 Å². The van der Waals surface area contributed by atoms with Gasteiger partial charge in [-0.15, -0.1) is 11.3 Å².